The summed E-state index contributed by atoms with van der Waals surface area (Å²) >= 11 is 1.78. The van der Waals surface area contributed by atoms with E-state index < -0.39 is 0 Å². The van der Waals surface area contributed by atoms with E-state index in [1.165, 1.54) is 10.4 Å². The van der Waals surface area contributed by atoms with Crippen LogP contribution < -0.4 is 10.6 Å². The molecule has 1 aliphatic carbocycles. The Kier molecular flexibility index (Phi) is 7.40. The van der Waals surface area contributed by atoms with Crippen LogP contribution in [0.5, 0.6) is 0 Å². The summed E-state index contributed by atoms with van der Waals surface area (Å²) in [4.78, 5) is 18.6. The summed E-state index contributed by atoms with van der Waals surface area (Å²) in [6.45, 7) is 5.29. The summed E-state index contributed by atoms with van der Waals surface area (Å²) in [6, 6.07) is 10.4. The lowest BCUT2D eigenvalue weighted by molar-refractivity contribution is -0.121. The third kappa shape index (κ3) is 5.76. The molecule has 2 atom stereocenters. The van der Waals surface area contributed by atoms with Crippen LogP contribution in [0.3, 0.4) is 0 Å². The quantitative estimate of drug-likeness (QED) is 0.675. The molecule has 0 radical (unpaired) electrons. The van der Waals surface area contributed by atoms with Gasteiger partial charge in [-0.15, -0.1) is 11.3 Å². The van der Waals surface area contributed by atoms with E-state index in [9.17, 15) is 4.79 Å². The summed E-state index contributed by atoms with van der Waals surface area (Å²) in [5.41, 5.74) is 2.34. The fraction of sp³-hybridized carbons (Fsp3) is 0.478. The second-order valence-corrected chi connectivity index (χ2v) is 9.07. The topological polar surface area (TPSA) is 54.0 Å². The summed E-state index contributed by atoms with van der Waals surface area (Å²) < 4.78 is 0. The molecule has 28 heavy (non-hydrogen) atoms. The lowest BCUT2D eigenvalue weighted by Gasteiger charge is -2.19. The van der Waals surface area contributed by atoms with E-state index in [-0.39, 0.29) is 11.9 Å². The van der Waals surface area contributed by atoms with Crippen LogP contribution in [-0.4, -0.2) is 30.5 Å². The second kappa shape index (κ2) is 9.99. The Morgan fingerprint density at radius 3 is 2.79 bits per heavy atom. The molecule has 1 aliphatic rings. The minimum absolute atomic E-state index is 0.0964. The minimum Gasteiger partial charge on any atom is -0.352 e. The third-order valence-electron chi connectivity index (χ3n) is 5.26. The van der Waals surface area contributed by atoms with Gasteiger partial charge in [-0.1, -0.05) is 50.3 Å². The lowest BCUT2D eigenvalue weighted by Crippen LogP contribution is -2.42. The number of nitrogens with one attached hydrogen (secondary N) is 2. The van der Waals surface area contributed by atoms with Gasteiger partial charge in [0.05, 0.1) is 10.7 Å². The molecule has 0 spiro atoms. The van der Waals surface area contributed by atoms with Gasteiger partial charge in [0.15, 0.2) is 0 Å². The van der Waals surface area contributed by atoms with Crippen LogP contribution >= 0.6 is 11.3 Å². The largest absolute Gasteiger partial charge is 0.352 e. The normalized spacial score (nSPS) is 16.8. The fourth-order valence-corrected chi connectivity index (χ4v) is 4.72. The average Bonchev–Trinajstić information content (AvgIpc) is 3.09. The number of hydrogen-bond acceptors (Lipinski definition) is 4. The number of hydrogen-bond donors (Lipinski definition) is 2. The predicted octanol–water partition coefficient (Wildman–Crippen LogP) is 3.86. The number of allylic oxidation sites excluding steroid dienone is 1. The maximum atomic E-state index is 12.5. The van der Waals surface area contributed by atoms with Gasteiger partial charge in [0.2, 0.25) is 5.91 Å². The van der Waals surface area contributed by atoms with Crippen LogP contribution in [0.25, 0.3) is 6.08 Å². The first-order valence-electron chi connectivity index (χ1n) is 10.2. The van der Waals surface area contributed by atoms with Crippen molar-refractivity contribution in [3.8, 4) is 0 Å². The van der Waals surface area contributed by atoms with Gasteiger partial charge in [-0.2, -0.15) is 0 Å². The van der Waals surface area contributed by atoms with E-state index in [4.69, 9.17) is 4.98 Å². The zero-order valence-corrected chi connectivity index (χ0v) is 17.9. The van der Waals surface area contributed by atoms with Crippen LogP contribution in [0.4, 0.5) is 0 Å². The van der Waals surface area contributed by atoms with Gasteiger partial charge in [0, 0.05) is 30.3 Å². The number of rotatable bonds is 9. The molecule has 1 aromatic heterocycles. The molecule has 0 aliphatic heterocycles. The number of fused-ring (bicyclic) bond motifs is 1. The molecule has 5 heteroatoms. The number of likely N-dealkylation sites (N-methyl/N-ethyl adjacent to an activating group) is 1. The van der Waals surface area contributed by atoms with Crippen molar-refractivity contribution in [2.24, 2.45) is 11.8 Å². The highest BCUT2D eigenvalue weighted by molar-refractivity contribution is 7.11. The Balaban J connectivity index is 1.52. The Morgan fingerprint density at radius 2 is 2.07 bits per heavy atom. The van der Waals surface area contributed by atoms with Crippen LogP contribution in [0.1, 0.15) is 41.4 Å². The number of carbonyl (C=O) groups excluding carboxylic acids is 1. The predicted molar refractivity (Wildman–Crippen MR) is 118 cm³/mol. The van der Waals surface area contributed by atoms with E-state index in [0.29, 0.717) is 24.7 Å². The third-order valence-corrected chi connectivity index (χ3v) is 6.41. The molecule has 0 saturated heterocycles. The molecule has 1 amide bonds. The summed E-state index contributed by atoms with van der Waals surface area (Å²) in [7, 11) is 1.92. The number of aryl methyl sites for hydroxylation is 1. The van der Waals surface area contributed by atoms with E-state index in [0.717, 1.165) is 30.1 Å². The SMILES string of the molecule is CNCC(Cc1ccccc1)NC(=O)CCc1nc2c(s1)CC(C(C)C)C=C2. The van der Waals surface area contributed by atoms with Crippen LogP contribution in [0.15, 0.2) is 36.4 Å². The molecule has 0 saturated carbocycles. The van der Waals surface area contributed by atoms with Crippen molar-refractivity contribution < 1.29 is 4.79 Å². The number of carbonyl (C=O) groups is 1. The smallest absolute Gasteiger partial charge is 0.220 e. The van der Waals surface area contributed by atoms with E-state index in [1.54, 1.807) is 11.3 Å². The van der Waals surface area contributed by atoms with Gasteiger partial charge >= 0.3 is 0 Å². The number of thiazole rings is 1. The van der Waals surface area contributed by atoms with E-state index in [2.05, 4.69) is 48.8 Å². The first-order valence-corrected chi connectivity index (χ1v) is 11.0. The monoisotopic (exact) mass is 397 g/mol. The van der Waals surface area contributed by atoms with Crippen molar-refractivity contribution >= 4 is 23.3 Å². The van der Waals surface area contributed by atoms with Crippen molar-refractivity contribution in [2.75, 3.05) is 13.6 Å². The number of aromatic nitrogens is 1. The van der Waals surface area contributed by atoms with Crippen molar-refractivity contribution in [1.82, 2.24) is 15.6 Å². The van der Waals surface area contributed by atoms with Crippen LogP contribution in [-0.2, 0) is 24.1 Å². The molecule has 2 unspecified atom stereocenters. The molecule has 2 aromatic rings. The van der Waals surface area contributed by atoms with E-state index >= 15 is 0 Å². The summed E-state index contributed by atoms with van der Waals surface area (Å²) in [5.74, 6) is 1.35. The lowest BCUT2D eigenvalue weighted by atomic mass is 9.88. The first kappa shape index (κ1) is 20.7. The zero-order valence-electron chi connectivity index (χ0n) is 17.1. The molecule has 150 valence electrons. The van der Waals surface area contributed by atoms with Crippen molar-refractivity contribution in [3.63, 3.8) is 0 Å². The van der Waals surface area contributed by atoms with Gasteiger partial charge in [0.25, 0.3) is 0 Å². The average molecular weight is 398 g/mol. The van der Waals surface area contributed by atoms with Crippen molar-refractivity contribution in [2.45, 2.75) is 45.6 Å². The van der Waals surface area contributed by atoms with Gasteiger partial charge in [0.1, 0.15) is 0 Å². The van der Waals surface area contributed by atoms with Gasteiger partial charge < -0.3 is 10.6 Å². The van der Waals surface area contributed by atoms with Crippen molar-refractivity contribution in [3.05, 3.63) is 57.6 Å². The zero-order chi connectivity index (χ0) is 19.9. The molecule has 4 nitrogen and oxygen atoms in total. The fourth-order valence-electron chi connectivity index (χ4n) is 3.59. The van der Waals surface area contributed by atoms with Crippen molar-refractivity contribution in [1.29, 1.82) is 0 Å². The number of benzene rings is 1. The Morgan fingerprint density at radius 1 is 1.29 bits per heavy atom. The number of nitrogens with zero attached hydrogens (tertiary/aromatic N) is 1. The van der Waals surface area contributed by atoms with Gasteiger partial charge in [-0.3, -0.25) is 4.79 Å². The van der Waals surface area contributed by atoms with Gasteiger partial charge in [-0.05, 0) is 43.4 Å². The maximum Gasteiger partial charge on any atom is 0.220 e. The Hall–Kier alpha value is -1.98. The first-order chi connectivity index (χ1) is 13.5. The maximum absolute atomic E-state index is 12.5. The second-order valence-electron chi connectivity index (χ2n) is 7.90. The molecular formula is C23H31N3OS. The Bertz CT molecular complexity index is 797. The van der Waals surface area contributed by atoms with E-state index in [1.807, 2.05) is 25.2 Å². The minimum atomic E-state index is 0.0964. The summed E-state index contributed by atoms with van der Waals surface area (Å²) in [5, 5.41) is 7.43. The molecular weight excluding hydrogens is 366 g/mol. The highest BCUT2D eigenvalue weighted by Crippen LogP contribution is 2.31. The van der Waals surface area contributed by atoms with Crippen LogP contribution in [0, 0.1) is 11.8 Å². The highest BCUT2D eigenvalue weighted by Gasteiger charge is 2.21. The summed E-state index contributed by atoms with van der Waals surface area (Å²) in [6.07, 6.45) is 7.55. The van der Waals surface area contributed by atoms with Gasteiger partial charge in [-0.25, -0.2) is 4.98 Å². The molecule has 1 aromatic carbocycles. The highest BCUT2D eigenvalue weighted by atomic mass is 32.1. The molecule has 0 fully saturated rings. The Labute approximate surface area is 172 Å². The molecule has 1 heterocycles. The molecule has 3 rings (SSSR count). The molecule has 2 N–H and O–H groups in total. The molecule has 0 bridgehead atoms. The number of amides is 1. The standard InChI is InChI=1S/C23H31N3OS/c1-16(2)18-9-10-20-21(14-18)28-23(26-20)12-11-22(27)25-19(15-24-3)13-17-7-5-4-6-8-17/h4-10,16,18-19,24H,11-15H2,1-3H3,(H,25,27). The van der Waals surface area contributed by atoms with Crippen LogP contribution in [0.2, 0.25) is 0 Å².